The van der Waals surface area contributed by atoms with Crippen LogP contribution in [0.4, 0.5) is 0 Å². The van der Waals surface area contributed by atoms with Crippen molar-refractivity contribution in [3.63, 3.8) is 0 Å². The Morgan fingerprint density at radius 3 is 2.82 bits per heavy atom. The summed E-state index contributed by atoms with van der Waals surface area (Å²) in [6.07, 6.45) is 2.40. The molecule has 17 heavy (non-hydrogen) atoms. The molecule has 0 amide bonds. The zero-order valence-corrected chi connectivity index (χ0v) is 12.3. The van der Waals surface area contributed by atoms with Crippen molar-refractivity contribution in [2.45, 2.75) is 44.7 Å². The van der Waals surface area contributed by atoms with Gasteiger partial charge in [0.15, 0.2) is 0 Å². The lowest BCUT2D eigenvalue weighted by Crippen LogP contribution is -2.28. The molecule has 1 fully saturated rings. The maximum atomic E-state index is 5.27. The number of benzene rings is 1. The van der Waals surface area contributed by atoms with Gasteiger partial charge in [0, 0.05) is 18.0 Å². The van der Waals surface area contributed by atoms with E-state index < -0.39 is 0 Å². The minimum atomic E-state index is 0.602. The van der Waals surface area contributed by atoms with E-state index >= 15 is 0 Å². The van der Waals surface area contributed by atoms with Crippen LogP contribution >= 0.6 is 15.9 Å². The molecule has 0 aliphatic carbocycles. The van der Waals surface area contributed by atoms with E-state index in [0.717, 1.165) is 10.2 Å². The highest BCUT2D eigenvalue weighted by Crippen LogP contribution is 2.36. The van der Waals surface area contributed by atoms with E-state index in [1.165, 1.54) is 18.4 Å². The van der Waals surface area contributed by atoms with Crippen molar-refractivity contribution < 1.29 is 4.74 Å². The summed E-state index contributed by atoms with van der Waals surface area (Å²) in [6.45, 7) is 4.52. The number of rotatable bonds is 3. The van der Waals surface area contributed by atoms with Gasteiger partial charge >= 0.3 is 0 Å². The van der Waals surface area contributed by atoms with Crippen molar-refractivity contribution in [2.75, 3.05) is 7.11 Å². The third kappa shape index (κ3) is 2.66. The second kappa shape index (κ2) is 5.40. The van der Waals surface area contributed by atoms with Gasteiger partial charge in [0.05, 0.1) is 11.6 Å². The fraction of sp³-hybridized carbons (Fsp3) is 0.571. The summed E-state index contributed by atoms with van der Waals surface area (Å²) in [7, 11) is 1.70. The number of methoxy groups -OCH3 is 1. The summed E-state index contributed by atoms with van der Waals surface area (Å²) in [6, 6.07) is 7.66. The first kappa shape index (κ1) is 12.9. The lowest BCUT2D eigenvalue weighted by molar-refractivity contribution is 0.411. The minimum Gasteiger partial charge on any atom is -0.496 e. The van der Waals surface area contributed by atoms with Gasteiger partial charge in [-0.05, 0) is 53.4 Å². The number of hydrogen-bond donors (Lipinski definition) is 1. The number of halogens is 1. The average molecular weight is 298 g/mol. The van der Waals surface area contributed by atoms with Crippen LogP contribution in [-0.2, 0) is 0 Å². The molecule has 1 aromatic rings. The number of ether oxygens (including phenoxy) is 1. The maximum Gasteiger partial charge on any atom is 0.133 e. The molecule has 1 aliphatic rings. The Balaban J connectivity index is 2.24. The van der Waals surface area contributed by atoms with Gasteiger partial charge in [-0.1, -0.05) is 13.0 Å². The second-order valence-electron chi connectivity index (χ2n) is 4.82. The van der Waals surface area contributed by atoms with E-state index in [0.29, 0.717) is 18.0 Å². The van der Waals surface area contributed by atoms with E-state index in [4.69, 9.17) is 4.74 Å². The summed E-state index contributed by atoms with van der Waals surface area (Å²) >= 11 is 3.57. The summed E-state index contributed by atoms with van der Waals surface area (Å²) in [4.78, 5) is 0. The zero-order chi connectivity index (χ0) is 12.4. The Bertz CT molecular complexity index is 394. The molecule has 0 aromatic heterocycles. The normalized spacial score (nSPS) is 28.4. The molecule has 94 valence electrons. The minimum absolute atomic E-state index is 0.602. The van der Waals surface area contributed by atoms with Crippen LogP contribution in [-0.4, -0.2) is 19.2 Å². The van der Waals surface area contributed by atoms with Gasteiger partial charge in [-0.15, -0.1) is 0 Å². The molecular weight excluding hydrogens is 278 g/mol. The highest BCUT2D eigenvalue weighted by atomic mass is 79.9. The Morgan fingerprint density at radius 2 is 2.24 bits per heavy atom. The number of hydrogen-bond acceptors (Lipinski definition) is 2. The maximum absolute atomic E-state index is 5.27. The van der Waals surface area contributed by atoms with Crippen molar-refractivity contribution >= 4 is 15.9 Å². The molecule has 1 aromatic carbocycles. The van der Waals surface area contributed by atoms with E-state index in [2.05, 4.69) is 53.3 Å². The fourth-order valence-corrected chi connectivity index (χ4v) is 3.34. The number of nitrogens with one attached hydrogen (secondary N) is 1. The third-order valence-electron chi connectivity index (χ3n) is 3.64. The van der Waals surface area contributed by atoms with Crippen LogP contribution in [0.3, 0.4) is 0 Å². The van der Waals surface area contributed by atoms with Crippen LogP contribution in [0, 0.1) is 0 Å². The largest absolute Gasteiger partial charge is 0.496 e. The molecule has 0 radical (unpaired) electrons. The summed E-state index contributed by atoms with van der Waals surface area (Å²) in [5.41, 5.74) is 1.40. The Labute approximate surface area is 112 Å². The van der Waals surface area contributed by atoms with Crippen LogP contribution in [0.15, 0.2) is 22.7 Å². The second-order valence-corrected chi connectivity index (χ2v) is 5.67. The topological polar surface area (TPSA) is 21.3 Å². The summed E-state index contributed by atoms with van der Waals surface area (Å²) < 4.78 is 6.32. The predicted molar refractivity (Wildman–Crippen MR) is 74.7 cm³/mol. The summed E-state index contributed by atoms with van der Waals surface area (Å²) in [5.74, 6) is 1.53. The standard InChI is InChI=1S/C14H20BrNO/c1-4-13-11(7-9(2)16-13)10-5-6-14(17-3)12(15)8-10/h5-6,8-9,11,13,16H,4,7H2,1-3H3. The van der Waals surface area contributed by atoms with Gasteiger partial charge in [0.2, 0.25) is 0 Å². The molecule has 3 atom stereocenters. The molecule has 1 saturated heterocycles. The molecular formula is C14H20BrNO. The van der Waals surface area contributed by atoms with Crippen LogP contribution in [0.1, 0.15) is 38.2 Å². The van der Waals surface area contributed by atoms with Crippen molar-refractivity contribution in [3.05, 3.63) is 28.2 Å². The first-order valence-electron chi connectivity index (χ1n) is 6.25. The molecule has 1 aliphatic heterocycles. The Kier molecular flexibility index (Phi) is 4.10. The van der Waals surface area contributed by atoms with Gasteiger partial charge in [-0.25, -0.2) is 0 Å². The van der Waals surface area contributed by atoms with E-state index in [1.807, 2.05) is 0 Å². The molecule has 3 heteroatoms. The van der Waals surface area contributed by atoms with Crippen molar-refractivity contribution in [3.8, 4) is 5.75 Å². The van der Waals surface area contributed by atoms with E-state index in [1.54, 1.807) is 7.11 Å². The molecule has 1 heterocycles. The summed E-state index contributed by atoms with van der Waals surface area (Å²) in [5, 5.41) is 3.65. The first-order chi connectivity index (χ1) is 8.15. The van der Waals surface area contributed by atoms with Crippen molar-refractivity contribution in [1.29, 1.82) is 0 Å². The zero-order valence-electron chi connectivity index (χ0n) is 10.7. The first-order valence-corrected chi connectivity index (χ1v) is 7.04. The molecule has 0 bridgehead atoms. The monoisotopic (exact) mass is 297 g/mol. The SMILES string of the molecule is CCC1NC(C)CC1c1ccc(OC)c(Br)c1. The van der Waals surface area contributed by atoms with Crippen LogP contribution in [0.5, 0.6) is 5.75 Å². The van der Waals surface area contributed by atoms with Gasteiger partial charge in [0.1, 0.15) is 5.75 Å². The van der Waals surface area contributed by atoms with Crippen molar-refractivity contribution in [2.24, 2.45) is 0 Å². The lowest BCUT2D eigenvalue weighted by atomic mass is 9.90. The Morgan fingerprint density at radius 1 is 1.47 bits per heavy atom. The van der Waals surface area contributed by atoms with Crippen LogP contribution < -0.4 is 10.1 Å². The molecule has 2 rings (SSSR count). The fourth-order valence-electron chi connectivity index (χ4n) is 2.78. The van der Waals surface area contributed by atoms with E-state index in [-0.39, 0.29) is 0 Å². The predicted octanol–water partition coefficient (Wildman–Crippen LogP) is 3.70. The highest BCUT2D eigenvalue weighted by Gasteiger charge is 2.31. The van der Waals surface area contributed by atoms with Crippen LogP contribution in [0.2, 0.25) is 0 Å². The molecule has 0 saturated carbocycles. The Hall–Kier alpha value is -0.540. The molecule has 0 spiro atoms. The molecule has 2 nitrogen and oxygen atoms in total. The van der Waals surface area contributed by atoms with Gasteiger partial charge in [-0.2, -0.15) is 0 Å². The van der Waals surface area contributed by atoms with Gasteiger partial charge < -0.3 is 10.1 Å². The van der Waals surface area contributed by atoms with Gasteiger partial charge in [0.25, 0.3) is 0 Å². The lowest BCUT2D eigenvalue weighted by Gasteiger charge is -2.19. The van der Waals surface area contributed by atoms with Crippen molar-refractivity contribution in [1.82, 2.24) is 5.32 Å². The van der Waals surface area contributed by atoms with Crippen LogP contribution in [0.25, 0.3) is 0 Å². The quantitative estimate of drug-likeness (QED) is 0.918. The average Bonchev–Trinajstić information content (AvgIpc) is 2.70. The molecule has 1 N–H and O–H groups in total. The van der Waals surface area contributed by atoms with Gasteiger partial charge in [-0.3, -0.25) is 0 Å². The smallest absolute Gasteiger partial charge is 0.133 e. The van der Waals surface area contributed by atoms with E-state index in [9.17, 15) is 0 Å². The molecule has 3 unspecified atom stereocenters. The third-order valence-corrected chi connectivity index (χ3v) is 4.26. The highest BCUT2D eigenvalue weighted by molar-refractivity contribution is 9.10.